The van der Waals surface area contributed by atoms with E-state index in [1.54, 1.807) is 30.3 Å². The minimum Gasteiger partial charge on any atom is -0.508 e. The van der Waals surface area contributed by atoms with E-state index < -0.39 is 17.7 Å². The maximum atomic E-state index is 13.3. The van der Waals surface area contributed by atoms with Crippen LogP contribution in [0.5, 0.6) is 17.2 Å². The first-order valence-electron chi connectivity index (χ1n) is 10.9. The summed E-state index contributed by atoms with van der Waals surface area (Å²) in [5, 5.41) is 21.1. The SMILES string of the molecule is Cc1cc(C)cc(N2C(=O)C(=O)/C(=C(\O)c3ccc4c(c3)OCCO4)C2c2ccc(O)cc2)c1. The number of carbonyl (C=O) groups excluding carboxylic acids is 2. The highest BCUT2D eigenvalue weighted by molar-refractivity contribution is 6.51. The Morgan fingerprint density at radius 2 is 1.53 bits per heavy atom. The number of aromatic hydroxyl groups is 1. The summed E-state index contributed by atoms with van der Waals surface area (Å²) in [4.78, 5) is 28.0. The molecule has 7 nitrogen and oxygen atoms in total. The maximum Gasteiger partial charge on any atom is 0.300 e. The third-order valence-electron chi connectivity index (χ3n) is 5.95. The van der Waals surface area contributed by atoms with Crippen LogP contribution in [0.3, 0.4) is 0 Å². The van der Waals surface area contributed by atoms with E-state index in [4.69, 9.17) is 9.47 Å². The first-order valence-corrected chi connectivity index (χ1v) is 10.9. The lowest BCUT2D eigenvalue weighted by atomic mass is 9.94. The topological polar surface area (TPSA) is 96.3 Å². The Morgan fingerprint density at radius 3 is 2.21 bits per heavy atom. The Morgan fingerprint density at radius 1 is 0.882 bits per heavy atom. The van der Waals surface area contributed by atoms with Gasteiger partial charge in [0.1, 0.15) is 24.7 Å². The predicted molar refractivity (Wildman–Crippen MR) is 126 cm³/mol. The molecule has 1 fully saturated rings. The molecule has 172 valence electrons. The number of aliphatic hydroxyl groups is 1. The van der Waals surface area contributed by atoms with Crippen molar-refractivity contribution >= 4 is 23.1 Å². The number of hydrogen-bond acceptors (Lipinski definition) is 6. The monoisotopic (exact) mass is 457 g/mol. The number of phenols is 1. The fourth-order valence-corrected chi connectivity index (χ4v) is 4.51. The fraction of sp³-hybridized carbons (Fsp3) is 0.185. The average molecular weight is 457 g/mol. The summed E-state index contributed by atoms with van der Waals surface area (Å²) in [6, 6.07) is 15.9. The van der Waals surface area contributed by atoms with Crippen LogP contribution in [0.4, 0.5) is 5.69 Å². The highest BCUT2D eigenvalue weighted by atomic mass is 16.6. The van der Waals surface area contributed by atoms with Crippen LogP contribution in [0, 0.1) is 13.8 Å². The van der Waals surface area contributed by atoms with E-state index >= 15 is 0 Å². The quantitative estimate of drug-likeness (QED) is 0.344. The zero-order valence-electron chi connectivity index (χ0n) is 18.7. The van der Waals surface area contributed by atoms with Gasteiger partial charge in [-0.15, -0.1) is 0 Å². The smallest absolute Gasteiger partial charge is 0.300 e. The van der Waals surface area contributed by atoms with Crippen molar-refractivity contribution in [1.29, 1.82) is 0 Å². The number of hydrogen-bond donors (Lipinski definition) is 2. The number of anilines is 1. The molecule has 34 heavy (non-hydrogen) atoms. The van der Waals surface area contributed by atoms with Gasteiger partial charge in [0, 0.05) is 11.3 Å². The molecule has 2 heterocycles. The van der Waals surface area contributed by atoms with E-state index in [1.165, 1.54) is 17.0 Å². The van der Waals surface area contributed by atoms with Crippen molar-refractivity contribution in [1.82, 2.24) is 0 Å². The van der Waals surface area contributed by atoms with Crippen LogP contribution in [-0.2, 0) is 9.59 Å². The number of nitrogens with zero attached hydrogens (tertiary/aromatic N) is 1. The third-order valence-corrected chi connectivity index (χ3v) is 5.95. The highest BCUT2D eigenvalue weighted by Crippen LogP contribution is 2.43. The molecule has 1 amide bonds. The molecule has 1 saturated heterocycles. The van der Waals surface area contributed by atoms with Crippen LogP contribution in [0.2, 0.25) is 0 Å². The zero-order chi connectivity index (χ0) is 24.0. The first kappa shape index (κ1) is 21.6. The normalized spacial score (nSPS) is 18.9. The van der Waals surface area contributed by atoms with Crippen LogP contribution < -0.4 is 14.4 Å². The summed E-state index contributed by atoms with van der Waals surface area (Å²) in [6.45, 7) is 4.64. The number of amides is 1. The first-order chi connectivity index (χ1) is 16.3. The van der Waals surface area contributed by atoms with Crippen LogP contribution in [0.1, 0.15) is 28.3 Å². The van der Waals surface area contributed by atoms with E-state index in [0.29, 0.717) is 41.5 Å². The van der Waals surface area contributed by atoms with Gasteiger partial charge in [0.25, 0.3) is 11.7 Å². The zero-order valence-corrected chi connectivity index (χ0v) is 18.7. The van der Waals surface area contributed by atoms with Crippen molar-refractivity contribution in [3.63, 3.8) is 0 Å². The molecule has 2 aliphatic heterocycles. The molecule has 1 unspecified atom stereocenters. The number of aliphatic hydroxyl groups excluding tert-OH is 1. The van der Waals surface area contributed by atoms with Gasteiger partial charge < -0.3 is 19.7 Å². The molecular weight excluding hydrogens is 434 g/mol. The molecule has 0 aromatic heterocycles. The van der Waals surface area contributed by atoms with Gasteiger partial charge in [-0.1, -0.05) is 18.2 Å². The number of rotatable bonds is 3. The lowest BCUT2D eigenvalue weighted by Crippen LogP contribution is -2.29. The standard InChI is InChI=1S/C27H23NO6/c1-15-11-16(2)13-19(12-15)28-24(17-3-6-20(29)7-4-17)23(26(31)27(28)32)25(30)18-5-8-21-22(14-18)34-10-9-33-21/h3-8,11-14,24,29-30H,9-10H2,1-2H3/b25-23-. The maximum absolute atomic E-state index is 13.3. The Hall–Kier alpha value is -4.26. The van der Waals surface area contributed by atoms with E-state index in [9.17, 15) is 19.8 Å². The predicted octanol–water partition coefficient (Wildman–Crippen LogP) is 4.41. The Labute approximate surface area is 196 Å². The van der Waals surface area contributed by atoms with Gasteiger partial charge in [0.2, 0.25) is 0 Å². The van der Waals surface area contributed by atoms with Crippen molar-refractivity contribution in [2.75, 3.05) is 18.1 Å². The van der Waals surface area contributed by atoms with Crippen LogP contribution in [0.15, 0.2) is 66.2 Å². The molecule has 2 aliphatic rings. The molecule has 0 spiro atoms. The Bertz CT molecular complexity index is 1320. The average Bonchev–Trinajstić information content (AvgIpc) is 3.08. The van der Waals surface area contributed by atoms with Gasteiger partial charge in [-0.25, -0.2) is 0 Å². The van der Waals surface area contributed by atoms with Gasteiger partial charge in [-0.2, -0.15) is 0 Å². The number of carbonyl (C=O) groups is 2. The van der Waals surface area contributed by atoms with Crippen molar-refractivity contribution < 1.29 is 29.3 Å². The van der Waals surface area contributed by atoms with Gasteiger partial charge in [-0.05, 0) is 73.0 Å². The van der Waals surface area contributed by atoms with Crippen molar-refractivity contribution in [3.8, 4) is 17.2 Å². The number of ketones is 1. The highest BCUT2D eigenvalue weighted by Gasteiger charge is 2.47. The minimum absolute atomic E-state index is 0.0356. The summed E-state index contributed by atoms with van der Waals surface area (Å²) in [7, 11) is 0. The summed E-state index contributed by atoms with van der Waals surface area (Å²) in [6.07, 6.45) is 0. The van der Waals surface area contributed by atoms with Crippen molar-refractivity contribution in [3.05, 3.63) is 88.5 Å². The molecule has 0 aliphatic carbocycles. The van der Waals surface area contributed by atoms with Gasteiger partial charge in [0.15, 0.2) is 11.5 Å². The number of phenolic OH excluding ortho intramolecular Hbond substituents is 1. The molecule has 7 heteroatoms. The Balaban J connectivity index is 1.71. The number of benzene rings is 3. The second-order valence-electron chi connectivity index (χ2n) is 8.46. The number of ether oxygens (including phenoxy) is 2. The summed E-state index contributed by atoms with van der Waals surface area (Å²) < 4.78 is 11.2. The lowest BCUT2D eigenvalue weighted by Gasteiger charge is -2.26. The molecule has 0 radical (unpaired) electrons. The number of aryl methyl sites for hydroxylation is 2. The van der Waals surface area contributed by atoms with Gasteiger partial charge >= 0.3 is 0 Å². The summed E-state index contributed by atoms with van der Waals surface area (Å²) in [5.41, 5.74) is 3.31. The van der Waals surface area contributed by atoms with Crippen LogP contribution >= 0.6 is 0 Å². The number of Topliss-reactive ketones (excluding diaryl/α,β-unsaturated/α-hetero) is 1. The van der Waals surface area contributed by atoms with Crippen molar-refractivity contribution in [2.24, 2.45) is 0 Å². The summed E-state index contributed by atoms with van der Waals surface area (Å²) in [5.74, 6) is -0.764. The summed E-state index contributed by atoms with van der Waals surface area (Å²) >= 11 is 0. The molecule has 3 aromatic carbocycles. The van der Waals surface area contributed by atoms with Gasteiger partial charge in [-0.3, -0.25) is 14.5 Å². The van der Waals surface area contributed by atoms with Crippen molar-refractivity contribution in [2.45, 2.75) is 19.9 Å². The second-order valence-corrected chi connectivity index (χ2v) is 8.46. The molecule has 0 saturated carbocycles. The molecule has 3 aromatic rings. The van der Waals surface area contributed by atoms with E-state index in [1.807, 2.05) is 32.0 Å². The molecule has 0 bridgehead atoms. The lowest BCUT2D eigenvalue weighted by molar-refractivity contribution is -0.132. The third kappa shape index (κ3) is 3.65. The van der Waals surface area contributed by atoms with E-state index in [2.05, 4.69) is 0 Å². The van der Waals surface area contributed by atoms with E-state index in [-0.39, 0.29) is 17.1 Å². The fourth-order valence-electron chi connectivity index (χ4n) is 4.51. The Kier molecular flexibility index (Phi) is 5.24. The molecular formula is C27H23NO6. The van der Waals surface area contributed by atoms with E-state index in [0.717, 1.165) is 11.1 Å². The molecule has 5 rings (SSSR count). The second kappa shape index (κ2) is 8.26. The van der Waals surface area contributed by atoms with Crippen LogP contribution in [0.25, 0.3) is 5.76 Å². The largest absolute Gasteiger partial charge is 0.508 e. The molecule has 2 N–H and O–H groups in total. The number of fused-ring (bicyclic) bond motifs is 1. The van der Waals surface area contributed by atoms with Crippen LogP contribution in [-0.4, -0.2) is 35.1 Å². The minimum atomic E-state index is -0.880. The van der Waals surface area contributed by atoms with Gasteiger partial charge in [0.05, 0.1) is 11.6 Å². The molecule has 1 atom stereocenters.